The second-order valence-electron chi connectivity index (χ2n) is 4.13. The molecule has 0 spiro atoms. The first-order valence-corrected chi connectivity index (χ1v) is 5.60. The maximum atomic E-state index is 13.2. The van der Waals surface area contributed by atoms with Crippen molar-refractivity contribution < 1.29 is 23.4 Å². The van der Waals surface area contributed by atoms with Gasteiger partial charge in [-0.2, -0.15) is 0 Å². The van der Waals surface area contributed by atoms with E-state index in [4.69, 9.17) is 14.2 Å². The lowest BCUT2D eigenvalue weighted by Crippen LogP contribution is -2.39. The van der Waals surface area contributed by atoms with Crippen LogP contribution >= 0.6 is 0 Å². The van der Waals surface area contributed by atoms with Crippen LogP contribution in [-0.2, 0) is 9.53 Å². The second-order valence-corrected chi connectivity index (χ2v) is 4.13. The molecule has 0 saturated carbocycles. The fourth-order valence-electron chi connectivity index (χ4n) is 1.34. The highest BCUT2D eigenvalue weighted by Crippen LogP contribution is 2.26. The number of halogens is 1. The number of methoxy groups -OCH3 is 1. The van der Waals surface area contributed by atoms with Crippen molar-refractivity contribution in [2.45, 2.75) is 26.4 Å². The summed E-state index contributed by atoms with van der Waals surface area (Å²) in [6, 6.07) is 4.03. The van der Waals surface area contributed by atoms with Crippen LogP contribution in [0, 0.1) is 5.82 Å². The van der Waals surface area contributed by atoms with Crippen molar-refractivity contribution in [3.8, 4) is 11.5 Å². The zero-order valence-corrected chi connectivity index (χ0v) is 11.0. The van der Waals surface area contributed by atoms with E-state index in [1.807, 2.05) is 0 Å². The van der Waals surface area contributed by atoms with Crippen molar-refractivity contribution in [1.29, 1.82) is 0 Å². The Morgan fingerprint density at radius 1 is 1.39 bits per heavy atom. The largest absolute Gasteiger partial charge is 0.494 e. The molecule has 1 aromatic rings. The zero-order chi connectivity index (χ0) is 13.8. The molecular weight excluding hydrogens is 239 g/mol. The highest BCUT2D eigenvalue weighted by Gasteiger charge is 2.31. The summed E-state index contributed by atoms with van der Waals surface area (Å²) in [5.41, 5.74) is -1.14. The normalized spacial score (nSPS) is 10.9. The van der Waals surface area contributed by atoms with Gasteiger partial charge in [0.15, 0.2) is 17.2 Å². The minimum absolute atomic E-state index is 0.0622. The third-order valence-electron chi connectivity index (χ3n) is 2.26. The van der Waals surface area contributed by atoms with Crippen LogP contribution in [-0.4, -0.2) is 25.3 Å². The van der Waals surface area contributed by atoms with Gasteiger partial charge in [0, 0.05) is 6.07 Å². The highest BCUT2D eigenvalue weighted by atomic mass is 19.1. The molecule has 0 unspecified atom stereocenters. The number of benzene rings is 1. The molecule has 1 aromatic carbocycles. The summed E-state index contributed by atoms with van der Waals surface area (Å²) >= 11 is 0. The summed E-state index contributed by atoms with van der Waals surface area (Å²) in [7, 11) is 1.36. The van der Waals surface area contributed by atoms with Crippen LogP contribution in [0.4, 0.5) is 4.39 Å². The average Bonchev–Trinajstić information content (AvgIpc) is 2.31. The first kappa shape index (κ1) is 14.3. The Balaban J connectivity index is 2.86. The van der Waals surface area contributed by atoms with Gasteiger partial charge < -0.3 is 14.2 Å². The van der Waals surface area contributed by atoms with Crippen molar-refractivity contribution in [3.63, 3.8) is 0 Å². The third-order valence-corrected chi connectivity index (χ3v) is 2.26. The van der Waals surface area contributed by atoms with Crippen LogP contribution in [0.5, 0.6) is 11.5 Å². The molecule has 0 aliphatic carbocycles. The van der Waals surface area contributed by atoms with Crippen LogP contribution in [0.25, 0.3) is 0 Å². The Morgan fingerprint density at radius 2 is 2.06 bits per heavy atom. The van der Waals surface area contributed by atoms with E-state index in [9.17, 15) is 9.18 Å². The lowest BCUT2D eigenvalue weighted by atomic mass is 10.1. The van der Waals surface area contributed by atoms with Gasteiger partial charge in [0.25, 0.3) is 0 Å². The van der Waals surface area contributed by atoms with Crippen LogP contribution in [0.1, 0.15) is 20.8 Å². The van der Waals surface area contributed by atoms with E-state index >= 15 is 0 Å². The van der Waals surface area contributed by atoms with E-state index in [0.29, 0.717) is 5.75 Å². The van der Waals surface area contributed by atoms with Gasteiger partial charge in [-0.15, -0.1) is 0 Å². The van der Waals surface area contributed by atoms with Gasteiger partial charge in [-0.1, -0.05) is 0 Å². The number of hydrogen-bond donors (Lipinski definition) is 0. The molecule has 0 radical (unpaired) electrons. The van der Waals surface area contributed by atoms with E-state index in [2.05, 4.69) is 0 Å². The van der Waals surface area contributed by atoms with Gasteiger partial charge in [-0.3, -0.25) is 0 Å². The Kier molecular flexibility index (Phi) is 4.53. The van der Waals surface area contributed by atoms with Gasteiger partial charge >= 0.3 is 5.97 Å². The standard InChI is InChI=1S/C13H17FO4/c1-5-17-12(15)13(2,3)18-9-6-7-10(14)11(8-9)16-4/h6-8H,5H2,1-4H3. The molecule has 0 aliphatic heterocycles. The molecule has 0 heterocycles. The van der Waals surface area contributed by atoms with Crippen molar-refractivity contribution in [1.82, 2.24) is 0 Å². The predicted octanol–water partition coefficient (Wildman–Crippen LogP) is 2.55. The van der Waals surface area contributed by atoms with Gasteiger partial charge in [0.2, 0.25) is 0 Å². The van der Waals surface area contributed by atoms with E-state index in [0.717, 1.165) is 0 Å². The SMILES string of the molecule is CCOC(=O)C(C)(C)Oc1ccc(F)c(OC)c1. The Hall–Kier alpha value is -1.78. The molecule has 0 bridgehead atoms. The second kappa shape index (κ2) is 5.71. The predicted molar refractivity (Wildman–Crippen MR) is 64.3 cm³/mol. The Bertz CT molecular complexity index is 429. The molecule has 0 N–H and O–H groups in total. The summed E-state index contributed by atoms with van der Waals surface area (Å²) < 4.78 is 28.4. The lowest BCUT2D eigenvalue weighted by molar-refractivity contribution is -0.158. The minimum Gasteiger partial charge on any atom is -0.494 e. The van der Waals surface area contributed by atoms with Crippen molar-refractivity contribution in [3.05, 3.63) is 24.0 Å². The number of ether oxygens (including phenoxy) is 3. The molecule has 0 saturated heterocycles. The summed E-state index contributed by atoms with van der Waals surface area (Å²) in [5, 5.41) is 0. The van der Waals surface area contributed by atoms with Crippen LogP contribution in [0.2, 0.25) is 0 Å². The molecule has 0 aliphatic rings. The van der Waals surface area contributed by atoms with Crippen molar-refractivity contribution in [2.75, 3.05) is 13.7 Å². The van der Waals surface area contributed by atoms with Crippen LogP contribution in [0.15, 0.2) is 18.2 Å². The maximum absolute atomic E-state index is 13.2. The van der Waals surface area contributed by atoms with E-state index in [1.54, 1.807) is 20.8 Å². The number of carbonyl (C=O) groups excluding carboxylic acids is 1. The Morgan fingerprint density at radius 3 is 2.61 bits per heavy atom. The molecule has 100 valence electrons. The molecule has 0 amide bonds. The average molecular weight is 256 g/mol. The fraction of sp³-hybridized carbons (Fsp3) is 0.462. The van der Waals surface area contributed by atoms with Gasteiger partial charge in [-0.25, -0.2) is 9.18 Å². The van der Waals surface area contributed by atoms with Gasteiger partial charge in [0.05, 0.1) is 13.7 Å². The molecular formula is C13H17FO4. The van der Waals surface area contributed by atoms with E-state index < -0.39 is 17.4 Å². The topological polar surface area (TPSA) is 44.8 Å². The summed E-state index contributed by atoms with van der Waals surface area (Å²) in [6.07, 6.45) is 0. The minimum atomic E-state index is -1.14. The highest BCUT2D eigenvalue weighted by molar-refractivity contribution is 5.79. The lowest BCUT2D eigenvalue weighted by Gasteiger charge is -2.24. The number of rotatable bonds is 5. The molecule has 5 heteroatoms. The zero-order valence-electron chi connectivity index (χ0n) is 11.0. The number of hydrogen-bond acceptors (Lipinski definition) is 4. The molecule has 18 heavy (non-hydrogen) atoms. The van der Waals surface area contributed by atoms with Gasteiger partial charge in [-0.05, 0) is 32.9 Å². The molecule has 0 fully saturated rings. The van der Waals surface area contributed by atoms with Gasteiger partial charge in [0.1, 0.15) is 5.75 Å². The van der Waals surface area contributed by atoms with E-state index in [1.165, 1.54) is 25.3 Å². The maximum Gasteiger partial charge on any atom is 0.349 e. The van der Waals surface area contributed by atoms with Crippen LogP contribution in [0.3, 0.4) is 0 Å². The number of esters is 1. The fourth-order valence-corrected chi connectivity index (χ4v) is 1.34. The van der Waals surface area contributed by atoms with E-state index in [-0.39, 0.29) is 12.4 Å². The monoisotopic (exact) mass is 256 g/mol. The quantitative estimate of drug-likeness (QED) is 0.759. The van der Waals surface area contributed by atoms with Crippen molar-refractivity contribution >= 4 is 5.97 Å². The van der Waals surface area contributed by atoms with Crippen molar-refractivity contribution in [2.24, 2.45) is 0 Å². The molecule has 1 rings (SSSR count). The molecule has 4 nitrogen and oxygen atoms in total. The summed E-state index contributed by atoms with van der Waals surface area (Å²) in [4.78, 5) is 11.6. The molecule has 0 aromatic heterocycles. The molecule has 0 atom stereocenters. The Labute approximate surface area is 106 Å². The third kappa shape index (κ3) is 3.35. The first-order chi connectivity index (χ1) is 8.40. The number of carbonyl (C=O) groups is 1. The smallest absolute Gasteiger partial charge is 0.349 e. The summed E-state index contributed by atoms with van der Waals surface area (Å²) in [5.74, 6) is -0.564. The summed E-state index contributed by atoms with van der Waals surface area (Å²) in [6.45, 7) is 5.16. The van der Waals surface area contributed by atoms with Crippen LogP contribution < -0.4 is 9.47 Å². The first-order valence-electron chi connectivity index (χ1n) is 5.60.